The van der Waals surface area contributed by atoms with Crippen molar-refractivity contribution in [2.75, 3.05) is 11.9 Å². The van der Waals surface area contributed by atoms with Crippen LogP contribution in [0.4, 0.5) is 5.69 Å². The Morgan fingerprint density at radius 3 is 2.49 bits per heavy atom. The molecule has 1 N–H and O–H groups in total. The van der Waals surface area contributed by atoms with Crippen molar-refractivity contribution in [2.24, 2.45) is 4.99 Å². The summed E-state index contributed by atoms with van der Waals surface area (Å²) < 4.78 is 7.56. The van der Waals surface area contributed by atoms with Crippen molar-refractivity contribution in [3.05, 3.63) is 127 Å². The Morgan fingerprint density at radius 2 is 1.76 bits per heavy atom. The Labute approximate surface area is 216 Å². The fourth-order valence-electron chi connectivity index (χ4n) is 4.26. The zero-order valence-corrected chi connectivity index (χ0v) is 20.7. The van der Waals surface area contributed by atoms with Crippen molar-refractivity contribution in [3.63, 3.8) is 0 Å². The number of rotatable bonds is 6. The van der Waals surface area contributed by atoms with E-state index in [1.165, 1.54) is 11.3 Å². The Kier molecular flexibility index (Phi) is 6.79. The molecule has 1 aliphatic heterocycles. The maximum absolute atomic E-state index is 13.8. The first kappa shape index (κ1) is 24.0. The first-order valence-electron chi connectivity index (χ1n) is 11.6. The smallest absolute Gasteiger partial charge is 0.271 e. The number of hydrogen-bond donors (Lipinski definition) is 1. The van der Waals surface area contributed by atoms with E-state index in [9.17, 15) is 9.59 Å². The molecule has 2 heterocycles. The highest BCUT2D eigenvalue weighted by atomic mass is 32.1. The first-order chi connectivity index (χ1) is 18.1. The summed E-state index contributed by atoms with van der Waals surface area (Å²) in [7, 11) is 0. The van der Waals surface area contributed by atoms with E-state index in [0.29, 0.717) is 37.6 Å². The van der Waals surface area contributed by atoms with Crippen molar-refractivity contribution in [3.8, 4) is 11.8 Å². The molecule has 0 aliphatic carbocycles. The minimum atomic E-state index is -0.645. The van der Waals surface area contributed by atoms with Crippen LogP contribution in [0, 0.1) is 11.3 Å². The Balaban J connectivity index is 1.65. The number of allylic oxidation sites excluding steroid dienone is 1. The number of ether oxygens (including phenoxy) is 1. The van der Waals surface area contributed by atoms with E-state index in [-0.39, 0.29) is 18.1 Å². The van der Waals surface area contributed by atoms with Gasteiger partial charge in [-0.1, -0.05) is 78.1 Å². The minimum absolute atomic E-state index is 0.0980. The number of carbonyl (C=O) groups is 1. The zero-order valence-electron chi connectivity index (χ0n) is 19.9. The fraction of sp³-hybridized carbons (Fsp3) is 0.103. The monoisotopic (exact) mass is 506 g/mol. The third kappa shape index (κ3) is 4.85. The van der Waals surface area contributed by atoms with Gasteiger partial charge in [-0.25, -0.2) is 4.99 Å². The molecule has 0 bridgehead atoms. The van der Waals surface area contributed by atoms with E-state index >= 15 is 0 Å². The van der Waals surface area contributed by atoms with Crippen LogP contribution >= 0.6 is 11.3 Å². The number of thiazole rings is 1. The van der Waals surface area contributed by atoms with Crippen molar-refractivity contribution >= 4 is 29.0 Å². The summed E-state index contributed by atoms with van der Waals surface area (Å²) in [6.07, 6.45) is 1.74. The molecule has 7 nitrogen and oxygen atoms in total. The summed E-state index contributed by atoms with van der Waals surface area (Å²) in [5.74, 6) is 0.194. The van der Waals surface area contributed by atoms with E-state index < -0.39 is 6.04 Å². The Bertz CT molecular complexity index is 1710. The lowest BCUT2D eigenvalue weighted by molar-refractivity contribution is -0.113. The number of aromatic nitrogens is 1. The largest absolute Gasteiger partial charge is 0.478 e. The molecule has 1 aromatic heterocycles. The van der Waals surface area contributed by atoms with Crippen LogP contribution in [0.1, 0.15) is 24.1 Å². The lowest BCUT2D eigenvalue weighted by atomic mass is 9.95. The molecule has 4 aromatic rings. The molecule has 8 heteroatoms. The summed E-state index contributed by atoms with van der Waals surface area (Å²) in [4.78, 5) is 32.5. The number of nitrogens with one attached hydrogen (secondary N) is 1. The molecular formula is C29H22N4O3S. The number of amides is 1. The van der Waals surface area contributed by atoms with Gasteiger partial charge >= 0.3 is 0 Å². The van der Waals surface area contributed by atoms with Crippen LogP contribution in [-0.4, -0.2) is 17.1 Å². The number of nitrogens with zero attached hydrogens (tertiary/aromatic N) is 3. The van der Waals surface area contributed by atoms with Crippen LogP contribution in [0.3, 0.4) is 0 Å². The second kappa shape index (κ2) is 10.5. The standard InChI is InChI=1S/C29H22N4O3S/c1-19-25(27(34)32-22-13-6-3-7-14-22)26(20-10-4-2-5-11-20)33-28(35)24(37-29(33)31-19)18-21-12-8-9-15-23(21)36-17-16-30/h2-15,18,26H,17H2,1H3,(H,32,34)/b24-18-/t26-/m0/s1. The van der Waals surface area contributed by atoms with Crippen molar-refractivity contribution in [1.29, 1.82) is 5.26 Å². The number of nitriles is 1. The van der Waals surface area contributed by atoms with E-state index in [1.807, 2.05) is 84.9 Å². The predicted molar refractivity (Wildman–Crippen MR) is 143 cm³/mol. The van der Waals surface area contributed by atoms with Gasteiger partial charge in [0.05, 0.1) is 21.8 Å². The molecule has 0 spiro atoms. The summed E-state index contributed by atoms with van der Waals surface area (Å²) >= 11 is 1.25. The Hall–Kier alpha value is -4.74. The molecule has 0 radical (unpaired) electrons. The van der Waals surface area contributed by atoms with Gasteiger partial charge < -0.3 is 10.1 Å². The van der Waals surface area contributed by atoms with Gasteiger partial charge in [0.2, 0.25) is 0 Å². The van der Waals surface area contributed by atoms with E-state index in [0.717, 1.165) is 5.56 Å². The number of hydrogen-bond acceptors (Lipinski definition) is 6. The molecule has 5 rings (SSSR count). The quantitative estimate of drug-likeness (QED) is 0.431. The highest BCUT2D eigenvalue weighted by molar-refractivity contribution is 7.07. The second-order valence-electron chi connectivity index (χ2n) is 8.30. The molecule has 3 aromatic carbocycles. The summed E-state index contributed by atoms with van der Waals surface area (Å²) in [5.41, 5.74) is 2.84. The van der Waals surface area contributed by atoms with Crippen molar-refractivity contribution in [1.82, 2.24) is 4.57 Å². The first-order valence-corrected chi connectivity index (χ1v) is 12.4. The van der Waals surface area contributed by atoms with Crippen LogP contribution in [0.25, 0.3) is 6.08 Å². The second-order valence-corrected chi connectivity index (χ2v) is 9.31. The summed E-state index contributed by atoms with van der Waals surface area (Å²) in [6, 6.07) is 27.2. The molecule has 0 unspecified atom stereocenters. The van der Waals surface area contributed by atoms with E-state index in [4.69, 9.17) is 10.00 Å². The molecule has 0 saturated carbocycles. The van der Waals surface area contributed by atoms with Gasteiger partial charge in [-0.05, 0) is 36.8 Å². The number of para-hydroxylation sites is 2. The van der Waals surface area contributed by atoms with E-state index in [1.54, 1.807) is 23.6 Å². The third-order valence-electron chi connectivity index (χ3n) is 5.91. The number of benzene rings is 3. The maximum Gasteiger partial charge on any atom is 0.271 e. The van der Waals surface area contributed by atoms with Gasteiger partial charge in [0.15, 0.2) is 11.4 Å². The van der Waals surface area contributed by atoms with Gasteiger partial charge in [0.1, 0.15) is 11.8 Å². The minimum Gasteiger partial charge on any atom is -0.478 e. The van der Waals surface area contributed by atoms with Crippen molar-refractivity contribution in [2.45, 2.75) is 13.0 Å². The van der Waals surface area contributed by atoms with Gasteiger partial charge in [-0.15, -0.1) is 0 Å². The Morgan fingerprint density at radius 1 is 1.08 bits per heavy atom. The lowest BCUT2D eigenvalue weighted by Crippen LogP contribution is -2.40. The van der Waals surface area contributed by atoms with E-state index in [2.05, 4.69) is 10.3 Å². The van der Waals surface area contributed by atoms with Crippen LogP contribution in [0.15, 0.2) is 106 Å². The third-order valence-corrected chi connectivity index (χ3v) is 6.89. The highest BCUT2D eigenvalue weighted by Gasteiger charge is 2.32. The lowest BCUT2D eigenvalue weighted by Gasteiger charge is -2.25. The molecule has 0 fully saturated rings. The molecule has 37 heavy (non-hydrogen) atoms. The van der Waals surface area contributed by atoms with Crippen molar-refractivity contribution < 1.29 is 9.53 Å². The zero-order chi connectivity index (χ0) is 25.8. The van der Waals surface area contributed by atoms with Crippen LogP contribution in [0.5, 0.6) is 5.75 Å². The predicted octanol–water partition coefficient (Wildman–Crippen LogP) is 3.78. The molecule has 1 amide bonds. The van der Waals surface area contributed by atoms with Gasteiger partial charge in [0.25, 0.3) is 11.5 Å². The molecule has 182 valence electrons. The summed E-state index contributed by atoms with van der Waals surface area (Å²) in [6.45, 7) is 1.69. The van der Waals surface area contributed by atoms with Gasteiger partial charge in [-0.3, -0.25) is 14.2 Å². The van der Waals surface area contributed by atoms with Crippen LogP contribution < -0.4 is 24.9 Å². The topological polar surface area (TPSA) is 96.5 Å². The normalized spacial score (nSPS) is 14.9. The number of anilines is 1. The summed E-state index contributed by atoms with van der Waals surface area (Å²) in [5, 5.41) is 11.8. The SMILES string of the molecule is CC1=C(C(=O)Nc2ccccc2)[C@H](c2ccccc2)n2c(s/c(=C\c3ccccc3OCC#N)c2=O)=N1. The van der Waals surface area contributed by atoms with Crippen LogP contribution in [-0.2, 0) is 4.79 Å². The maximum atomic E-state index is 13.8. The van der Waals surface area contributed by atoms with Gasteiger partial charge in [-0.2, -0.15) is 5.26 Å². The molecule has 0 saturated heterocycles. The molecule has 1 aliphatic rings. The average molecular weight is 507 g/mol. The molecular weight excluding hydrogens is 484 g/mol. The van der Waals surface area contributed by atoms with Crippen LogP contribution in [0.2, 0.25) is 0 Å². The molecule has 1 atom stereocenters. The fourth-order valence-corrected chi connectivity index (χ4v) is 5.30. The number of carbonyl (C=O) groups excluding carboxylic acids is 1. The highest BCUT2D eigenvalue weighted by Crippen LogP contribution is 2.30. The average Bonchev–Trinajstić information content (AvgIpc) is 3.22. The number of fused-ring (bicyclic) bond motifs is 1. The van der Waals surface area contributed by atoms with Gasteiger partial charge in [0, 0.05) is 11.3 Å².